The molecule has 1 aromatic heterocycles. The number of aliphatic hydroxyl groups excluding tert-OH is 1. The number of fused-ring (bicyclic) bond motifs is 1. The molecule has 0 fully saturated rings. The first-order chi connectivity index (χ1) is 10.6. The van der Waals surface area contributed by atoms with Gasteiger partial charge in [0.1, 0.15) is 5.82 Å². The number of rotatable bonds is 6. The third-order valence-electron chi connectivity index (χ3n) is 3.33. The Morgan fingerprint density at radius 3 is 2.86 bits per heavy atom. The molecule has 1 heterocycles. The molecule has 0 saturated heterocycles. The Morgan fingerprint density at radius 1 is 1.45 bits per heavy atom. The van der Waals surface area contributed by atoms with Crippen LogP contribution >= 0.6 is 0 Å². The van der Waals surface area contributed by atoms with Crippen LogP contribution in [0.5, 0.6) is 0 Å². The molecular formula is C15H20N4O3. The average molecular weight is 304 g/mol. The number of aromatic nitrogens is 2. The zero-order chi connectivity index (χ0) is 16.1. The van der Waals surface area contributed by atoms with Gasteiger partial charge in [-0.15, -0.1) is 0 Å². The molecule has 0 amide bonds. The number of carbonyl (C=O) groups is 1. The normalized spacial score (nSPS) is 12.1. The molecule has 0 aliphatic heterocycles. The Balaban J connectivity index is 2.44. The van der Waals surface area contributed by atoms with Crippen LogP contribution in [0.25, 0.3) is 10.9 Å². The van der Waals surface area contributed by atoms with E-state index < -0.39 is 5.97 Å². The highest BCUT2D eigenvalue weighted by Crippen LogP contribution is 2.24. The summed E-state index contributed by atoms with van der Waals surface area (Å²) >= 11 is 0. The molecule has 0 saturated carbocycles. The van der Waals surface area contributed by atoms with E-state index in [-0.39, 0.29) is 18.6 Å². The molecule has 1 atom stereocenters. The summed E-state index contributed by atoms with van der Waals surface area (Å²) in [5.74, 6) is 0.212. The van der Waals surface area contributed by atoms with Crippen LogP contribution in [0, 0.1) is 0 Å². The predicted octanol–water partition coefficient (Wildman–Crippen LogP) is 1.57. The first-order valence-corrected chi connectivity index (χ1v) is 7.12. The van der Waals surface area contributed by atoms with Gasteiger partial charge in [0.05, 0.1) is 30.8 Å². The molecule has 118 valence electrons. The lowest BCUT2D eigenvalue weighted by molar-refractivity contribution is 0.0601. The lowest BCUT2D eigenvalue weighted by Crippen LogP contribution is -2.24. The van der Waals surface area contributed by atoms with Gasteiger partial charge in [0.25, 0.3) is 0 Å². The van der Waals surface area contributed by atoms with Crippen molar-refractivity contribution in [1.82, 2.24) is 9.97 Å². The lowest BCUT2D eigenvalue weighted by atomic mass is 10.1. The minimum Gasteiger partial charge on any atom is -0.465 e. The third-order valence-corrected chi connectivity index (χ3v) is 3.33. The lowest BCUT2D eigenvalue weighted by Gasteiger charge is -2.17. The molecule has 0 aliphatic carbocycles. The monoisotopic (exact) mass is 304 g/mol. The predicted molar refractivity (Wildman–Crippen MR) is 84.7 cm³/mol. The highest BCUT2D eigenvalue weighted by Gasteiger charge is 2.13. The van der Waals surface area contributed by atoms with Crippen LogP contribution < -0.4 is 11.1 Å². The number of nitrogens with two attached hydrogens (primary N) is 1. The van der Waals surface area contributed by atoms with E-state index in [4.69, 9.17) is 10.5 Å². The summed E-state index contributed by atoms with van der Waals surface area (Å²) < 4.78 is 4.70. The quantitative estimate of drug-likeness (QED) is 0.695. The van der Waals surface area contributed by atoms with Crippen molar-refractivity contribution in [3.05, 3.63) is 23.8 Å². The Kier molecular flexibility index (Phi) is 5.11. The maximum atomic E-state index is 11.6. The number of nitrogens with one attached hydrogen (secondary N) is 1. The van der Waals surface area contributed by atoms with Gasteiger partial charge in [0, 0.05) is 5.39 Å². The van der Waals surface area contributed by atoms with Gasteiger partial charge in [-0.3, -0.25) is 0 Å². The van der Waals surface area contributed by atoms with Gasteiger partial charge < -0.3 is 20.9 Å². The number of hydrogen-bond acceptors (Lipinski definition) is 7. The number of benzene rings is 1. The summed E-state index contributed by atoms with van der Waals surface area (Å²) in [4.78, 5) is 19.9. The topological polar surface area (TPSA) is 110 Å². The summed E-state index contributed by atoms with van der Waals surface area (Å²) in [6, 6.07) is 4.89. The minimum absolute atomic E-state index is 0.000511. The van der Waals surface area contributed by atoms with E-state index in [1.165, 1.54) is 7.11 Å². The van der Waals surface area contributed by atoms with Gasteiger partial charge in [0.15, 0.2) is 0 Å². The molecule has 2 rings (SSSR count). The SMILES string of the molecule is CCC[C@@H](CO)Nc1nc(N)nc2cc(C(=O)OC)ccc12. The first kappa shape index (κ1) is 16.0. The maximum Gasteiger partial charge on any atom is 0.337 e. The van der Waals surface area contributed by atoms with E-state index in [0.717, 1.165) is 18.2 Å². The number of carbonyl (C=O) groups excluding carboxylic acids is 1. The average Bonchev–Trinajstić information content (AvgIpc) is 2.52. The van der Waals surface area contributed by atoms with Crippen LogP contribution in [0.15, 0.2) is 18.2 Å². The molecule has 0 unspecified atom stereocenters. The van der Waals surface area contributed by atoms with E-state index in [1.54, 1.807) is 18.2 Å². The number of nitrogen functional groups attached to an aromatic ring is 1. The third kappa shape index (κ3) is 3.43. The summed E-state index contributed by atoms with van der Waals surface area (Å²) in [6.07, 6.45) is 1.74. The molecule has 4 N–H and O–H groups in total. The molecule has 1 aromatic carbocycles. The summed E-state index contributed by atoms with van der Waals surface area (Å²) in [5.41, 5.74) is 6.68. The van der Waals surface area contributed by atoms with Gasteiger partial charge in [-0.05, 0) is 24.6 Å². The second-order valence-corrected chi connectivity index (χ2v) is 4.97. The van der Waals surface area contributed by atoms with Crippen molar-refractivity contribution in [3.8, 4) is 0 Å². The van der Waals surface area contributed by atoms with Gasteiger partial charge >= 0.3 is 5.97 Å². The second kappa shape index (κ2) is 7.04. The van der Waals surface area contributed by atoms with Crippen LogP contribution in [0.1, 0.15) is 30.1 Å². The Morgan fingerprint density at radius 2 is 2.23 bits per heavy atom. The summed E-state index contributed by atoms with van der Waals surface area (Å²) in [7, 11) is 1.32. The Bertz CT molecular complexity index is 675. The van der Waals surface area contributed by atoms with E-state index in [1.807, 2.05) is 6.92 Å². The van der Waals surface area contributed by atoms with Crippen molar-refractivity contribution in [2.75, 3.05) is 24.8 Å². The Labute approximate surface area is 128 Å². The van der Waals surface area contributed by atoms with E-state index >= 15 is 0 Å². The van der Waals surface area contributed by atoms with E-state index in [2.05, 4.69) is 15.3 Å². The van der Waals surface area contributed by atoms with Crippen molar-refractivity contribution < 1.29 is 14.6 Å². The Hall–Kier alpha value is -2.41. The van der Waals surface area contributed by atoms with E-state index in [9.17, 15) is 9.90 Å². The van der Waals surface area contributed by atoms with Crippen molar-refractivity contribution >= 4 is 28.6 Å². The summed E-state index contributed by atoms with van der Waals surface area (Å²) in [6.45, 7) is 2.04. The highest BCUT2D eigenvalue weighted by molar-refractivity contribution is 5.97. The smallest absolute Gasteiger partial charge is 0.337 e. The largest absolute Gasteiger partial charge is 0.465 e. The minimum atomic E-state index is -0.437. The molecule has 7 heteroatoms. The molecule has 22 heavy (non-hydrogen) atoms. The molecule has 0 bridgehead atoms. The number of anilines is 2. The fourth-order valence-corrected chi connectivity index (χ4v) is 2.25. The van der Waals surface area contributed by atoms with Crippen molar-refractivity contribution in [3.63, 3.8) is 0 Å². The molecule has 0 aliphatic rings. The van der Waals surface area contributed by atoms with Gasteiger partial charge in [-0.25, -0.2) is 9.78 Å². The van der Waals surface area contributed by atoms with Crippen LogP contribution in [0.3, 0.4) is 0 Å². The van der Waals surface area contributed by atoms with Crippen molar-refractivity contribution in [2.24, 2.45) is 0 Å². The molecule has 7 nitrogen and oxygen atoms in total. The van der Waals surface area contributed by atoms with Crippen molar-refractivity contribution in [1.29, 1.82) is 0 Å². The first-order valence-electron chi connectivity index (χ1n) is 7.12. The highest BCUT2D eigenvalue weighted by atomic mass is 16.5. The van der Waals surface area contributed by atoms with Gasteiger partial charge in [0.2, 0.25) is 5.95 Å². The number of methoxy groups -OCH3 is 1. The molecule has 0 radical (unpaired) electrons. The van der Waals surface area contributed by atoms with Crippen LogP contribution in [0.4, 0.5) is 11.8 Å². The number of esters is 1. The number of nitrogens with zero attached hydrogens (tertiary/aromatic N) is 2. The standard InChI is InChI=1S/C15H20N4O3/c1-3-4-10(8-20)17-13-11-6-5-9(14(21)22-2)7-12(11)18-15(16)19-13/h5-7,10,20H,3-4,8H2,1-2H3,(H3,16,17,18,19)/t10-/m0/s1. The molecular weight excluding hydrogens is 284 g/mol. The number of hydrogen-bond donors (Lipinski definition) is 3. The molecule has 0 spiro atoms. The van der Waals surface area contributed by atoms with Crippen LogP contribution in [-0.2, 0) is 4.74 Å². The van der Waals surface area contributed by atoms with Crippen LogP contribution in [0.2, 0.25) is 0 Å². The number of aliphatic hydroxyl groups is 1. The zero-order valence-corrected chi connectivity index (χ0v) is 12.7. The van der Waals surface area contributed by atoms with E-state index in [0.29, 0.717) is 16.9 Å². The van der Waals surface area contributed by atoms with Crippen molar-refractivity contribution in [2.45, 2.75) is 25.8 Å². The summed E-state index contributed by atoms with van der Waals surface area (Å²) in [5, 5.41) is 13.3. The number of ether oxygens (including phenoxy) is 1. The zero-order valence-electron chi connectivity index (χ0n) is 12.7. The van der Waals surface area contributed by atoms with Gasteiger partial charge in [-0.1, -0.05) is 13.3 Å². The van der Waals surface area contributed by atoms with Crippen LogP contribution in [-0.4, -0.2) is 40.8 Å². The maximum absolute atomic E-state index is 11.6. The second-order valence-electron chi connectivity index (χ2n) is 4.97. The molecule has 2 aromatic rings. The fraction of sp³-hybridized carbons (Fsp3) is 0.400. The van der Waals surface area contributed by atoms with Gasteiger partial charge in [-0.2, -0.15) is 4.98 Å². The fourth-order valence-electron chi connectivity index (χ4n) is 2.25.